The van der Waals surface area contributed by atoms with E-state index in [1.807, 2.05) is 6.92 Å². The molecule has 0 bridgehead atoms. The maximum Gasteiger partial charge on any atom is 0.263 e. The molecule has 0 aliphatic rings. The number of aromatic amines is 1. The minimum Gasteiger partial charge on any atom is -0.280 e. The Bertz CT molecular complexity index is 693. The Hall–Kier alpha value is -1.53. The van der Waals surface area contributed by atoms with E-state index >= 15 is 0 Å². The number of alkyl halides is 1. The van der Waals surface area contributed by atoms with Crippen molar-refractivity contribution in [3.05, 3.63) is 41.1 Å². The molecule has 2 aromatic rings. The highest BCUT2D eigenvalue weighted by Gasteiger charge is 2.17. The van der Waals surface area contributed by atoms with E-state index < -0.39 is 10.0 Å². The van der Waals surface area contributed by atoms with Crippen LogP contribution in [0.4, 0.5) is 5.82 Å². The van der Waals surface area contributed by atoms with Gasteiger partial charge in [-0.05, 0) is 38.0 Å². The molecule has 0 aliphatic carbocycles. The molecule has 0 saturated carbocycles. The standard InChI is InChI=1S/C13H16ClN3O2S/c1-9-10(2)15-16-13(9)17-20(18,19)12-5-3-11(4-6-12)7-8-14/h3-6H,7-8H2,1-2H3,(H2,15,16,17). The van der Waals surface area contributed by atoms with Crippen LogP contribution in [0.2, 0.25) is 0 Å². The summed E-state index contributed by atoms with van der Waals surface area (Å²) in [6, 6.07) is 6.66. The highest BCUT2D eigenvalue weighted by Crippen LogP contribution is 2.19. The Morgan fingerprint density at radius 3 is 2.40 bits per heavy atom. The number of hydrogen-bond donors (Lipinski definition) is 2. The number of sulfonamides is 1. The Morgan fingerprint density at radius 1 is 1.25 bits per heavy atom. The summed E-state index contributed by atoms with van der Waals surface area (Å²) in [5.74, 6) is 0.836. The SMILES string of the molecule is Cc1[nH]nc(NS(=O)(=O)c2ccc(CCCl)cc2)c1C. The van der Waals surface area contributed by atoms with Gasteiger partial charge >= 0.3 is 0 Å². The van der Waals surface area contributed by atoms with Crippen LogP contribution in [-0.2, 0) is 16.4 Å². The van der Waals surface area contributed by atoms with E-state index in [9.17, 15) is 8.42 Å². The zero-order valence-electron chi connectivity index (χ0n) is 11.3. The summed E-state index contributed by atoms with van der Waals surface area (Å²) >= 11 is 5.65. The van der Waals surface area contributed by atoms with Crippen molar-refractivity contribution in [3.8, 4) is 0 Å². The first-order valence-electron chi connectivity index (χ1n) is 6.13. The first-order chi connectivity index (χ1) is 9.44. The zero-order chi connectivity index (χ0) is 14.8. The number of H-pyrrole nitrogens is 1. The topological polar surface area (TPSA) is 74.8 Å². The van der Waals surface area contributed by atoms with Gasteiger partial charge in [-0.25, -0.2) is 8.42 Å². The maximum atomic E-state index is 12.2. The van der Waals surface area contributed by atoms with E-state index in [4.69, 9.17) is 11.6 Å². The molecule has 7 heteroatoms. The van der Waals surface area contributed by atoms with E-state index in [1.54, 1.807) is 31.2 Å². The van der Waals surface area contributed by atoms with Crippen LogP contribution < -0.4 is 4.72 Å². The van der Waals surface area contributed by atoms with Gasteiger partial charge in [-0.1, -0.05) is 12.1 Å². The number of aromatic nitrogens is 2. The number of anilines is 1. The molecule has 1 aromatic heterocycles. The normalized spacial score (nSPS) is 11.6. The van der Waals surface area contributed by atoms with Crippen molar-refractivity contribution in [1.82, 2.24) is 10.2 Å². The van der Waals surface area contributed by atoms with Gasteiger partial charge in [-0.3, -0.25) is 9.82 Å². The van der Waals surface area contributed by atoms with Crippen LogP contribution in [0.5, 0.6) is 0 Å². The number of hydrogen-bond acceptors (Lipinski definition) is 3. The minimum atomic E-state index is -3.62. The van der Waals surface area contributed by atoms with Gasteiger partial charge in [0, 0.05) is 17.1 Å². The lowest BCUT2D eigenvalue weighted by Gasteiger charge is -2.07. The summed E-state index contributed by atoms with van der Waals surface area (Å²) in [5, 5.41) is 6.69. The van der Waals surface area contributed by atoms with Crippen molar-refractivity contribution in [2.45, 2.75) is 25.2 Å². The number of rotatable bonds is 5. The Balaban J connectivity index is 2.24. The third-order valence-electron chi connectivity index (χ3n) is 3.10. The second-order valence-electron chi connectivity index (χ2n) is 4.51. The predicted octanol–water partition coefficient (Wildman–Crippen LogP) is 2.61. The van der Waals surface area contributed by atoms with Crippen molar-refractivity contribution < 1.29 is 8.42 Å². The molecule has 0 spiro atoms. The van der Waals surface area contributed by atoms with Crippen LogP contribution >= 0.6 is 11.6 Å². The minimum absolute atomic E-state index is 0.205. The number of benzene rings is 1. The predicted molar refractivity (Wildman–Crippen MR) is 79.7 cm³/mol. The van der Waals surface area contributed by atoms with Crippen LogP contribution in [0.25, 0.3) is 0 Å². The number of nitrogens with zero attached hydrogens (tertiary/aromatic N) is 1. The van der Waals surface area contributed by atoms with Crippen LogP contribution in [0, 0.1) is 13.8 Å². The smallest absolute Gasteiger partial charge is 0.263 e. The number of halogens is 1. The summed E-state index contributed by atoms with van der Waals surface area (Å²) < 4.78 is 27.0. The zero-order valence-corrected chi connectivity index (χ0v) is 12.8. The summed E-state index contributed by atoms with van der Waals surface area (Å²) in [5.41, 5.74) is 2.62. The Labute approximate surface area is 123 Å². The van der Waals surface area contributed by atoms with Gasteiger partial charge in [-0.2, -0.15) is 5.10 Å². The van der Waals surface area contributed by atoms with Crippen LogP contribution in [0.3, 0.4) is 0 Å². The second kappa shape index (κ2) is 5.85. The van der Waals surface area contributed by atoms with Gasteiger partial charge in [0.15, 0.2) is 5.82 Å². The third-order valence-corrected chi connectivity index (χ3v) is 4.64. The lowest BCUT2D eigenvalue weighted by Crippen LogP contribution is -2.14. The van der Waals surface area contributed by atoms with Crippen molar-refractivity contribution >= 4 is 27.4 Å². The maximum absolute atomic E-state index is 12.2. The lowest BCUT2D eigenvalue weighted by molar-refractivity contribution is 0.601. The fourth-order valence-electron chi connectivity index (χ4n) is 1.72. The van der Waals surface area contributed by atoms with Crippen LogP contribution in [0.15, 0.2) is 29.2 Å². The summed E-state index contributed by atoms with van der Waals surface area (Å²) in [6.45, 7) is 3.64. The Kier molecular flexibility index (Phi) is 4.35. The molecular formula is C13H16ClN3O2S. The van der Waals surface area contributed by atoms with E-state index in [0.29, 0.717) is 18.1 Å². The molecule has 20 heavy (non-hydrogen) atoms. The van der Waals surface area contributed by atoms with Gasteiger partial charge in [0.05, 0.1) is 4.90 Å². The summed E-state index contributed by atoms with van der Waals surface area (Å²) in [6.07, 6.45) is 0.715. The number of nitrogens with one attached hydrogen (secondary N) is 2. The van der Waals surface area contributed by atoms with Crippen molar-refractivity contribution in [1.29, 1.82) is 0 Å². The molecule has 0 radical (unpaired) electrons. The summed E-state index contributed by atoms with van der Waals surface area (Å²) in [7, 11) is -3.62. The fraction of sp³-hybridized carbons (Fsp3) is 0.308. The third kappa shape index (κ3) is 3.13. The molecule has 0 amide bonds. The Morgan fingerprint density at radius 2 is 1.90 bits per heavy atom. The van der Waals surface area contributed by atoms with Gasteiger partial charge in [-0.15, -0.1) is 11.6 Å². The highest BCUT2D eigenvalue weighted by molar-refractivity contribution is 7.92. The molecule has 0 atom stereocenters. The van der Waals surface area contributed by atoms with Gasteiger partial charge in [0.25, 0.3) is 10.0 Å². The lowest BCUT2D eigenvalue weighted by atomic mass is 10.2. The van der Waals surface area contributed by atoms with Gasteiger partial charge in [0.1, 0.15) is 0 Å². The summed E-state index contributed by atoms with van der Waals surface area (Å²) in [4.78, 5) is 0.205. The molecule has 1 aromatic carbocycles. The monoisotopic (exact) mass is 313 g/mol. The van der Waals surface area contributed by atoms with Crippen molar-refractivity contribution in [2.24, 2.45) is 0 Å². The molecule has 2 N–H and O–H groups in total. The molecule has 108 valence electrons. The van der Waals surface area contributed by atoms with Gasteiger partial charge in [0.2, 0.25) is 0 Å². The van der Waals surface area contributed by atoms with Crippen molar-refractivity contribution in [2.75, 3.05) is 10.6 Å². The average molecular weight is 314 g/mol. The molecule has 0 unspecified atom stereocenters. The first-order valence-corrected chi connectivity index (χ1v) is 8.15. The molecular weight excluding hydrogens is 298 g/mol. The van der Waals surface area contributed by atoms with Crippen molar-refractivity contribution in [3.63, 3.8) is 0 Å². The molecule has 0 fully saturated rings. The van der Waals surface area contributed by atoms with Crippen LogP contribution in [0.1, 0.15) is 16.8 Å². The molecule has 5 nitrogen and oxygen atoms in total. The van der Waals surface area contributed by atoms with E-state index in [1.165, 1.54) is 0 Å². The largest absolute Gasteiger partial charge is 0.280 e. The molecule has 0 aliphatic heterocycles. The quantitative estimate of drug-likeness (QED) is 0.833. The van der Waals surface area contributed by atoms with E-state index in [0.717, 1.165) is 16.8 Å². The molecule has 0 saturated heterocycles. The first kappa shape index (κ1) is 14.9. The highest BCUT2D eigenvalue weighted by atomic mass is 35.5. The van der Waals surface area contributed by atoms with E-state index in [2.05, 4.69) is 14.9 Å². The second-order valence-corrected chi connectivity index (χ2v) is 6.57. The fourth-order valence-corrected chi connectivity index (χ4v) is 3.00. The van der Waals surface area contributed by atoms with Crippen LogP contribution in [-0.4, -0.2) is 24.5 Å². The van der Waals surface area contributed by atoms with E-state index in [-0.39, 0.29) is 4.90 Å². The van der Waals surface area contributed by atoms with Gasteiger partial charge < -0.3 is 0 Å². The number of aryl methyl sites for hydroxylation is 2. The molecule has 2 rings (SSSR count). The average Bonchev–Trinajstić information content (AvgIpc) is 2.71. The molecule has 1 heterocycles.